The Morgan fingerprint density at radius 2 is 2.38 bits per heavy atom. The number of ether oxygens (including phenoxy) is 1. The molecule has 3 nitrogen and oxygen atoms in total. The molecule has 1 aromatic heterocycles. The van der Waals surface area contributed by atoms with Gasteiger partial charge < -0.3 is 10.5 Å². The fraction of sp³-hybridized carbons (Fsp3) is 0.500. The van der Waals surface area contributed by atoms with Gasteiger partial charge in [0.2, 0.25) is 0 Å². The Labute approximate surface area is 102 Å². The van der Waals surface area contributed by atoms with Crippen LogP contribution in [0.3, 0.4) is 0 Å². The predicted molar refractivity (Wildman–Crippen MR) is 69.7 cm³/mol. The van der Waals surface area contributed by atoms with E-state index in [2.05, 4.69) is 18.8 Å². The highest BCUT2D eigenvalue weighted by molar-refractivity contribution is 7.80. The molecule has 1 unspecified atom stereocenters. The molecule has 1 rings (SSSR count). The quantitative estimate of drug-likeness (QED) is 0.774. The number of nitrogens with zero attached hydrogens (tertiary/aromatic N) is 1. The monoisotopic (exact) mass is 238 g/mol. The Morgan fingerprint density at radius 1 is 1.62 bits per heavy atom. The summed E-state index contributed by atoms with van der Waals surface area (Å²) >= 11 is 4.92. The molecule has 0 aliphatic rings. The second kappa shape index (κ2) is 6.43. The van der Waals surface area contributed by atoms with Crippen LogP contribution in [0.5, 0.6) is 5.75 Å². The van der Waals surface area contributed by atoms with Crippen LogP contribution < -0.4 is 10.5 Å². The number of hydrogen-bond donors (Lipinski definition) is 1. The van der Waals surface area contributed by atoms with Crippen LogP contribution in [0, 0.1) is 5.92 Å². The Hall–Kier alpha value is -1.16. The first-order valence-electron chi connectivity index (χ1n) is 5.52. The molecule has 0 spiro atoms. The van der Waals surface area contributed by atoms with Gasteiger partial charge in [0.25, 0.3) is 0 Å². The predicted octanol–water partition coefficient (Wildman–Crippen LogP) is 2.53. The normalized spacial score (nSPS) is 12.1. The van der Waals surface area contributed by atoms with Gasteiger partial charge in [0.15, 0.2) is 0 Å². The lowest BCUT2D eigenvalue weighted by Crippen LogP contribution is -2.15. The van der Waals surface area contributed by atoms with Crippen molar-refractivity contribution >= 4 is 17.2 Å². The van der Waals surface area contributed by atoms with Crippen molar-refractivity contribution in [3.8, 4) is 5.75 Å². The van der Waals surface area contributed by atoms with E-state index in [4.69, 9.17) is 22.7 Å². The molecule has 4 heteroatoms. The van der Waals surface area contributed by atoms with Gasteiger partial charge in [-0.1, -0.05) is 32.5 Å². The molecule has 88 valence electrons. The number of pyridine rings is 1. The summed E-state index contributed by atoms with van der Waals surface area (Å²) in [6.45, 7) is 5.01. The van der Waals surface area contributed by atoms with Gasteiger partial charge in [-0.05, 0) is 24.5 Å². The van der Waals surface area contributed by atoms with E-state index < -0.39 is 0 Å². The molecular weight excluding hydrogens is 220 g/mol. The fourth-order valence-corrected chi connectivity index (χ4v) is 1.65. The molecule has 0 radical (unpaired) electrons. The third kappa shape index (κ3) is 3.77. The minimum Gasteiger partial charge on any atom is -0.491 e. The van der Waals surface area contributed by atoms with Gasteiger partial charge in [-0.2, -0.15) is 0 Å². The number of hydrogen-bond acceptors (Lipinski definition) is 3. The van der Waals surface area contributed by atoms with E-state index in [0.29, 0.717) is 24.0 Å². The maximum atomic E-state index is 5.68. The maximum absolute atomic E-state index is 5.68. The lowest BCUT2D eigenvalue weighted by molar-refractivity contribution is 0.250. The Morgan fingerprint density at radius 3 is 3.00 bits per heavy atom. The van der Waals surface area contributed by atoms with Gasteiger partial charge in [-0.15, -0.1) is 0 Å². The lowest BCUT2D eigenvalue weighted by Gasteiger charge is -2.13. The molecule has 0 fully saturated rings. The number of nitrogens with two attached hydrogens (primary N) is 1. The highest BCUT2D eigenvalue weighted by Gasteiger charge is 2.08. The summed E-state index contributed by atoms with van der Waals surface area (Å²) in [7, 11) is 0. The number of rotatable bonds is 6. The first-order valence-corrected chi connectivity index (χ1v) is 5.93. The molecule has 0 aliphatic carbocycles. The summed E-state index contributed by atoms with van der Waals surface area (Å²) in [5.74, 6) is 1.21. The molecule has 16 heavy (non-hydrogen) atoms. The van der Waals surface area contributed by atoms with Crippen molar-refractivity contribution in [1.82, 2.24) is 4.98 Å². The standard InChI is InChI=1S/C12H18N2OS/c1-3-5-9(2)8-15-10-6-4-7-14-11(10)12(13)16/h4,6-7,9H,3,5,8H2,1-2H3,(H2,13,16). The molecule has 1 atom stereocenters. The van der Waals surface area contributed by atoms with Gasteiger partial charge >= 0.3 is 0 Å². The fourth-order valence-electron chi connectivity index (χ4n) is 1.50. The molecular formula is C12H18N2OS. The maximum Gasteiger partial charge on any atom is 0.147 e. The third-order valence-corrected chi connectivity index (χ3v) is 2.50. The molecule has 0 saturated heterocycles. The van der Waals surface area contributed by atoms with Crippen molar-refractivity contribution in [3.63, 3.8) is 0 Å². The van der Waals surface area contributed by atoms with Crippen LogP contribution in [0.4, 0.5) is 0 Å². The Bertz CT molecular complexity index is 355. The van der Waals surface area contributed by atoms with Crippen LogP contribution in [-0.2, 0) is 0 Å². The van der Waals surface area contributed by atoms with Crippen LogP contribution in [0.15, 0.2) is 18.3 Å². The highest BCUT2D eigenvalue weighted by Crippen LogP contribution is 2.17. The second-order valence-electron chi connectivity index (χ2n) is 3.92. The Balaban J connectivity index is 2.63. The summed E-state index contributed by atoms with van der Waals surface area (Å²) < 4.78 is 5.68. The molecule has 0 bridgehead atoms. The topological polar surface area (TPSA) is 48.1 Å². The van der Waals surface area contributed by atoms with E-state index in [0.717, 1.165) is 6.42 Å². The van der Waals surface area contributed by atoms with E-state index in [1.165, 1.54) is 6.42 Å². The molecule has 0 amide bonds. The zero-order valence-corrected chi connectivity index (χ0v) is 10.6. The van der Waals surface area contributed by atoms with Crippen LogP contribution in [0.2, 0.25) is 0 Å². The SMILES string of the molecule is CCCC(C)COc1cccnc1C(N)=S. The van der Waals surface area contributed by atoms with Crippen molar-refractivity contribution in [2.45, 2.75) is 26.7 Å². The summed E-state index contributed by atoms with van der Waals surface area (Å²) in [6, 6.07) is 3.67. The average molecular weight is 238 g/mol. The van der Waals surface area contributed by atoms with Crippen molar-refractivity contribution in [2.24, 2.45) is 11.7 Å². The van der Waals surface area contributed by atoms with Crippen molar-refractivity contribution in [1.29, 1.82) is 0 Å². The van der Waals surface area contributed by atoms with Gasteiger partial charge in [-0.25, -0.2) is 4.98 Å². The number of thiocarbonyl (C=S) groups is 1. The van der Waals surface area contributed by atoms with E-state index >= 15 is 0 Å². The van der Waals surface area contributed by atoms with E-state index in [-0.39, 0.29) is 4.99 Å². The zero-order chi connectivity index (χ0) is 12.0. The van der Waals surface area contributed by atoms with Crippen LogP contribution in [0.1, 0.15) is 32.4 Å². The van der Waals surface area contributed by atoms with Crippen LogP contribution in [-0.4, -0.2) is 16.6 Å². The van der Waals surface area contributed by atoms with Crippen molar-refractivity contribution < 1.29 is 4.74 Å². The summed E-state index contributed by atoms with van der Waals surface area (Å²) in [6.07, 6.45) is 3.99. The molecule has 0 aromatic carbocycles. The summed E-state index contributed by atoms with van der Waals surface area (Å²) in [5, 5.41) is 0. The highest BCUT2D eigenvalue weighted by atomic mass is 32.1. The average Bonchev–Trinajstić information content (AvgIpc) is 2.27. The van der Waals surface area contributed by atoms with E-state index in [1.54, 1.807) is 6.20 Å². The lowest BCUT2D eigenvalue weighted by atomic mass is 10.1. The van der Waals surface area contributed by atoms with Crippen LogP contribution >= 0.6 is 12.2 Å². The smallest absolute Gasteiger partial charge is 0.147 e. The molecule has 1 heterocycles. The third-order valence-electron chi connectivity index (χ3n) is 2.31. The van der Waals surface area contributed by atoms with E-state index in [1.807, 2.05) is 12.1 Å². The molecule has 0 saturated carbocycles. The molecule has 0 aliphatic heterocycles. The minimum atomic E-state index is 0.277. The van der Waals surface area contributed by atoms with Gasteiger partial charge in [-0.3, -0.25) is 0 Å². The van der Waals surface area contributed by atoms with Gasteiger partial charge in [0, 0.05) is 6.20 Å². The number of aromatic nitrogens is 1. The van der Waals surface area contributed by atoms with E-state index in [9.17, 15) is 0 Å². The van der Waals surface area contributed by atoms with Crippen LogP contribution in [0.25, 0.3) is 0 Å². The molecule has 2 N–H and O–H groups in total. The second-order valence-corrected chi connectivity index (χ2v) is 4.36. The Kier molecular flexibility index (Phi) is 5.19. The first kappa shape index (κ1) is 12.9. The summed E-state index contributed by atoms with van der Waals surface area (Å²) in [5.41, 5.74) is 6.14. The van der Waals surface area contributed by atoms with Crippen molar-refractivity contribution in [3.05, 3.63) is 24.0 Å². The van der Waals surface area contributed by atoms with Gasteiger partial charge in [0.1, 0.15) is 16.4 Å². The zero-order valence-electron chi connectivity index (χ0n) is 9.77. The molecule has 1 aromatic rings. The minimum absolute atomic E-state index is 0.277. The summed E-state index contributed by atoms with van der Waals surface area (Å²) in [4.78, 5) is 4.39. The van der Waals surface area contributed by atoms with Gasteiger partial charge in [0.05, 0.1) is 6.61 Å². The van der Waals surface area contributed by atoms with Crippen molar-refractivity contribution in [2.75, 3.05) is 6.61 Å². The first-order chi connectivity index (χ1) is 7.65. The largest absolute Gasteiger partial charge is 0.491 e.